The zero-order valence-electron chi connectivity index (χ0n) is 9.82. The van der Waals surface area contributed by atoms with Crippen molar-refractivity contribution < 1.29 is 9.53 Å². The summed E-state index contributed by atoms with van der Waals surface area (Å²) >= 11 is 0. The van der Waals surface area contributed by atoms with Gasteiger partial charge in [-0.3, -0.25) is 4.90 Å². The molecule has 0 spiro atoms. The molecule has 18 heavy (non-hydrogen) atoms. The van der Waals surface area contributed by atoms with Gasteiger partial charge in [0.05, 0.1) is 6.04 Å². The van der Waals surface area contributed by atoms with Crippen LogP contribution in [0.2, 0.25) is 0 Å². The van der Waals surface area contributed by atoms with Crippen LogP contribution in [0.25, 0.3) is 0 Å². The van der Waals surface area contributed by atoms with E-state index in [0.717, 1.165) is 11.3 Å². The smallest absolute Gasteiger partial charge is 0.415 e. The molecule has 1 saturated heterocycles. The summed E-state index contributed by atoms with van der Waals surface area (Å²) in [6.07, 6.45) is -0.282. The molecule has 1 atom stereocenters. The van der Waals surface area contributed by atoms with Crippen molar-refractivity contribution in [3.8, 4) is 0 Å². The number of carbonyl (C=O) groups is 1. The molecule has 1 aliphatic heterocycles. The van der Waals surface area contributed by atoms with Crippen molar-refractivity contribution in [2.24, 2.45) is 0 Å². The maximum absolute atomic E-state index is 11.9. The van der Waals surface area contributed by atoms with Gasteiger partial charge >= 0.3 is 6.09 Å². The van der Waals surface area contributed by atoms with Gasteiger partial charge in [-0.05, 0) is 17.7 Å². The van der Waals surface area contributed by atoms with Crippen LogP contribution in [0.1, 0.15) is 11.6 Å². The number of ether oxygens (including phenoxy) is 1. The number of carbonyl (C=O) groups excluding carboxylic acids is 1. The Balaban J connectivity index is 1.98. The topological polar surface area (TPSA) is 29.5 Å². The second kappa shape index (κ2) is 4.53. The maximum Gasteiger partial charge on any atom is 0.415 e. The zero-order valence-corrected chi connectivity index (χ0v) is 9.82. The molecule has 3 heteroatoms. The van der Waals surface area contributed by atoms with Gasteiger partial charge in [-0.25, -0.2) is 4.79 Å². The Morgan fingerprint density at radius 1 is 0.944 bits per heavy atom. The molecule has 0 unspecified atom stereocenters. The number of para-hydroxylation sites is 1. The van der Waals surface area contributed by atoms with E-state index in [0.29, 0.717) is 6.61 Å². The summed E-state index contributed by atoms with van der Waals surface area (Å²) in [6.45, 7) is 0.401. The molecule has 1 fully saturated rings. The predicted octanol–water partition coefficient (Wildman–Crippen LogP) is 3.38. The van der Waals surface area contributed by atoms with Crippen LogP contribution < -0.4 is 4.90 Å². The van der Waals surface area contributed by atoms with E-state index in [-0.39, 0.29) is 12.1 Å². The first-order chi connectivity index (χ1) is 8.86. The highest BCUT2D eigenvalue weighted by molar-refractivity contribution is 5.90. The van der Waals surface area contributed by atoms with Crippen LogP contribution in [-0.2, 0) is 4.74 Å². The molecular formula is C15H13NO2. The number of cyclic esters (lactones) is 1. The van der Waals surface area contributed by atoms with Crippen molar-refractivity contribution >= 4 is 11.8 Å². The van der Waals surface area contributed by atoms with Gasteiger partial charge < -0.3 is 4.74 Å². The summed E-state index contributed by atoms with van der Waals surface area (Å²) in [5, 5.41) is 0. The molecule has 0 radical (unpaired) electrons. The first kappa shape index (κ1) is 10.8. The maximum atomic E-state index is 11.9. The molecule has 0 aromatic heterocycles. The van der Waals surface area contributed by atoms with Gasteiger partial charge in [0.1, 0.15) is 6.61 Å². The zero-order chi connectivity index (χ0) is 12.4. The van der Waals surface area contributed by atoms with E-state index in [1.807, 2.05) is 60.7 Å². The Morgan fingerprint density at radius 2 is 1.56 bits per heavy atom. The Morgan fingerprint density at radius 3 is 2.22 bits per heavy atom. The lowest BCUT2D eigenvalue weighted by Gasteiger charge is -2.21. The molecule has 0 saturated carbocycles. The SMILES string of the molecule is O=C1OC[C@H](c2ccccc2)N1c1ccccc1. The average molecular weight is 239 g/mol. The number of nitrogens with zero attached hydrogens (tertiary/aromatic N) is 1. The molecule has 1 aliphatic rings. The minimum Gasteiger partial charge on any atom is -0.447 e. The molecule has 3 rings (SSSR count). The quantitative estimate of drug-likeness (QED) is 0.804. The Bertz CT molecular complexity index is 539. The van der Waals surface area contributed by atoms with Crippen LogP contribution in [0.3, 0.4) is 0 Å². The lowest BCUT2D eigenvalue weighted by molar-refractivity contribution is 0.179. The third-order valence-corrected chi connectivity index (χ3v) is 3.09. The van der Waals surface area contributed by atoms with E-state index >= 15 is 0 Å². The lowest BCUT2D eigenvalue weighted by atomic mass is 10.1. The summed E-state index contributed by atoms with van der Waals surface area (Å²) in [4.78, 5) is 13.6. The standard InChI is InChI=1S/C15H13NO2/c17-15-16(13-9-5-2-6-10-13)14(11-18-15)12-7-3-1-4-8-12/h1-10,14H,11H2/t14-/m1/s1. The summed E-state index contributed by atoms with van der Waals surface area (Å²) in [7, 11) is 0. The van der Waals surface area contributed by atoms with Crippen LogP contribution in [0.15, 0.2) is 60.7 Å². The molecule has 0 N–H and O–H groups in total. The van der Waals surface area contributed by atoms with Crippen molar-refractivity contribution in [1.82, 2.24) is 0 Å². The highest BCUT2D eigenvalue weighted by Crippen LogP contribution is 2.32. The molecular weight excluding hydrogens is 226 g/mol. The first-order valence-electron chi connectivity index (χ1n) is 5.92. The van der Waals surface area contributed by atoms with E-state index < -0.39 is 0 Å². The van der Waals surface area contributed by atoms with E-state index in [4.69, 9.17) is 4.74 Å². The molecule has 0 aliphatic carbocycles. The Labute approximate surface area is 106 Å². The Hall–Kier alpha value is -2.29. The lowest BCUT2D eigenvalue weighted by Crippen LogP contribution is -2.27. The number of hydrogen-bond acceptors (Lipinski definition) is 2. The molecule has 3 nitrogen and oxygen atoms in total. The molecule has 0 bridgehead atoms. The molecule has 2 aromatic rings. The van der Waals surface area contributed by atoms with Crippen molar-refractivity contribution in [1.29, 1.82) is 0 Å². The normalized spacial score (nSPS) is 18.8. The van der Waals surface area contributed by atoms with Crippen LogP contribution in [0.5, 0.6) is 0 Å². The van der Waals surface area contributed by atoms with E-state index in [9.17, 15) is 4.79 Å². The van der Waals surface area contributed by atoms with Crippen molar-refractivity contribution in [2.75, 3.05) is 11.5 Å². The minimum absolute atomic E-state index is 0.0406. The fourth-order valence-electron chi connectivity index (χ4n) is 2.22. The third kappa shape index (κ3) is 1.84. The molecule has 90 valence electrons. The van der Waals surface area contributed by atoms with Crippen molar-refractivity contribution in [3.05, 3.63) is 66.2 Å². The van der Waals surface area contributed by atoms with Crippen LogP contribution in [0, 0.1) is 0 Å². The fraction of sp³-hybridized carbons (Fsp3) is 0.133. The summed E-state index contributed by atoms with van der Waals surface area (Å²) in [6, 6.07) is 19.5. The molecule has 1 amide bonds. The summed E-state index contributed by atoms with van der Waals surface area (Å²) in [5.74, 6) is 0. The predicted molar refractivity (Wildman–Crippen MR) is 69.5 cm³/mol. The second-order valence-corrected chi connectivity index (χ2v) is 4.21. The second-order valence-electron chi connectivity index (χ2n) is 4.21. The highest BCUT2D eigenvalue weighted by Gasteiger charge is 2.34. The molecule has 2 aromatic carbocycles. The van der Waals surface area contributed by atoms with E-state index in [1.54, 1.807) is 4.90 Å². The average Bonchev–Trinajstić information content (AvgIpc) is 2.83. The molecule has 1 heterocycles. The van der Waals surface area contributed by atoms with Crippen LogP contribution in [0.4, 0.5) is 10.5 Å². The van der Waals surface area contributed by atoms with Crippen molar-refractivity contribution in [3.63, 3.8) is 0 Å². The number of rotatable bonds is 2. The number of benzene rings is 2. The van der Waals surface area contributed by atoms with Crippen LogP contribution in [-0.4, -0.2) is 12.7 Å². The first-order valence-corrected chi connectivity index (χ1v) is 5.92. The van der Waals surface area contributed by atoms with Gasteiger partial charge in [-0.2, -0.15) is 0 Å². The minimum atomic E-state index is -0.282. The number of amides is 1. The number of anilines is 1. The van der Waals surface area contributed by atoms with E-state index in [2.05, 4.69) is 0 Å². The van der Waals surface area contributed by atoms with E-state index in [1.165, 1.54) is 0 Å². The van der Waals surface area contributed by atoms with Gasteiger partial charge in [-0.1, -0.05) is 48.5 Å². The van der Waals surface area contributed by atoms with Gasteiger partial charge in [0.15, 0.2) is 0 Å². The van der Waals surface area contributed by atoms with Gasteiger partial charge in [0.25, 0.3) is 0 Å². The third-order valence-electron chi connectivity index (χ3n) is 3.09. The van der Waals surface area contributed by atoms with Gasteiger partial charge in [-0.15, -0.1) is 0 Å². The highest BCUT2D eigenvalue weighted by atomic mass is 16.6. The monoisotopic (exact) mass is 239 g/mol. The fourth-order valence-corrected chi connectivity index (χ4v) is 2.22. The number of hydrogen-bond donors (Lipinski definition) is 0. The van der Waals surface area contributed by atoms with Crippen LogP contribution >= 0.6 is 0 Å². The van der Waals surface area contributed by atoms with Crippen molar-refractivity contribution in [2.45, 2.75) is 6.04 Å². The van der Waals surface area contributed by atoms with Gasteiger partial charge in [0.2, 0.25) is 0 Å². The van der Waals surface area contributed by atoms with Gasteiger partial charge in [0, 0.05) is 5.69 Å². The Kier molecular flexibility index (Phi) is 2.73. The summed E-state index contributed by atoms with van der Waals surface area (Å²) < 4.78 is 5.17. The largest absolute Gasteiger partial charge is 0.447 e. The summed E-state index contributed by atoms with van der Waals surface area (Å²) in [5.41, 5.74) is 1.96.